The van der Waals surface area contributed by atoms with Gasteiger partial charge in [0.05, 0.1) is 18.4 Å². The number of alkyl halides is 3. The molecule has 0 aliphatic heterocycles. The number of hydrogen-bond acceptors (Lipinski definition) is 4. The summed E-state index contributed by atoms with van der Waals surface area (Å²) in [7, 11) is 1.55. The maximum Gasteiger partial charge on any atom is 0.416 e. The van der Waals surface area contributed by atoms with Crippen LogP contribution >= 0.6 is 11.3 Å². The molecule has 4 nitrogen and oxygen atoms in total. The molecule has 1 aromatic heterocycles. The Morgan fingerprint density at radius 1 is 1.19 bits per heavy atom. The van der Waals surface area contributed by atoms with Gasteiger partial charge in [-0.05, 0) is 37.3 Å². The van der Waals surface area contributed by atoms with E-state index in [-0.39, 0.29) is 10.7 Å². The van der Waals surface area contributed by atoms with E-state index in [9.17, 15) is 18.0 Å². The highest BCUT2D eigenvalue weighted by atomic mass is 32.1. The second-order valence-corrected chi connectivity index (χ2v) is 6.63. The third-order valence-corrected chi connectivity index (χ3v) is 4.57. The summed E-state index contributed by atoms with van der Waals surface area (Å²) in [6.45, 7) is 1.94. The first kappa shape index (κ1) is 18.9. The molecule has 140 valence electrons. The highest BCUT2D eigenvalue weighted by Crippen LogP contribution is 2.33. The van der Waals surface area contributed by atoms with Gasteiger partial charge in [0.25, 0.3) is 5.91 Å². The number of carbonyl (C=O) groups excluding carboxylic acids is 1. The van der Waals surface area contributed by atoms with Crippen molar-refractivity contribution >= 4 is 22.4 Å². The number of benzene rings is 2. The van der Waals surface area contributed by atoms with Crippen LogP contribution in [0.4, 0.5) is 18.3 Å². The van der Waals surface area contributed by atoms with E-state index in [1.165, 1.54) is 23.5 Å². The zero-order valence-electron chi connectivity index (χ0n) is 14.4. The Balaban J connectivity index is 1.82. The zero-order chi connectivity index (χ0) is 19.6. The van der Waals surface area contributed by atoms with Crippen LogP contribution in [0.25, 0.3) is 11.3 Å². The monoisotopic (exact) mass is 392 g/mol. The summed E-state index contributed by atoms with van der Waals surface area (Å²) in [4.78, 5) is 16.6. The summed E-state index contributed by atoms with van der Waals surface area (Å²) in [5.41, 5.74) is 1.44. The van der Waals surface area contributed by atoms with Crippen LogP contribution in [0, 0.1) is 6.92 Å². The molecule has 0 spiro atoms. The number of carbonyl (C=O) groups is 1. The van der Waals surface area contributed by atoms with E-state index in [1.807, 2.05) is 25.1 Å². The fraction of sp³-hybridized carbons (Fsp3) is 0.158. The summed E-state index contributed by atoms with van der Waals surface area (Å²) in [5.74, 6) is -0.0140. The summed E-state index contributed by atoms with van der Waals surface area (Å²) in [6.07, 6.45) is -4.51. The summed E-state index contributed by atoms with van der Waals surface area (Å²) in [6, 6.07) is 9.89. The Kier molecular flexibility index (Phi) is 5.18. The number of rotatable bonds is 4. The topological polar surface area (TPSA) is 51.2 Å². The minimum atomic E-state index is -4.51. The smallest absolute Gasteiger partial charge is 0.416 e. The normalized spacial score (nSPS) is 11.3. The maximum atomic E-state index is 12.8. The SMILES string of the molecule is COc1ccc(C)cc1-c1csc(NC(=O)c2cccc(C(F)(F)F)c2)n1. The molecule has 3 rings (SSSR count). The van der Waals surface area contributed by atoms with Gasteiger partial charge < -0.3 is 4.74 Å². The van der Waals surface area contributed by atoms with Crippen molar-refractivity contribution in [2.45, 2.75) is 13.1 Å². The maximum absolute atomic E-state index is 12.8. The third kappa shape index (κ3) is 4.28. The van der Waals surface area contributed by atoms with Crippen molar-refractivity contribution in [2.75, 3.05) is 12.4 Å². The summed E-state index contributed by atoms with van der Waals surface area (Å²) < 4.78 is 43.7. The van der Waals surface area contributed by atoms with Crippen LogP contribution in [0.2, 0.25) is 0 Å². The predicted molar refractivity (Wildman–Crippen MR) is 98.2 cm³/mol. The number of halogens is 3. The van der Waals surface area contributed by atoms with Gasteiger partial charge in [-0.3, -0.25) is 10.1 Å². The Bertz CT molecular complexity index is 983. The number of amides is 1. The third-order valence-electron chi connectivity index (χ3n) is 3.81. The van der Waals surface area contributed by atoms with Gasteiger partial charge in [0.1, 0.15) is 5.75 Å². The van der Waals surface area contributed by atoms with Gasteiger partial charge >= 0.3 is 6.18 Å². The molecule has 0 aliphatic rings. The van der Waals surface area contributed by atoms with Crippen molar-refractivity contribution in [2.24, 2.45) is 0 Å². The van der Waals surface area contributed by atoms with Gasteiger partial charge in [-0.25, -0.2) is 4.98 Å². The van der Waals surface area contributed by atoms with Gasteiger partial charge in [-0.2, -0.15) is 13.2 Å². The Hall–Kier alpha value is -2.87. The molecule has 0 bridgehead atoms. The van der Waals surface area contributed by atoms with Crippen LogP contribution < -0.4 is 10.1 Å². The Labute approximate surface area is 157 Å². The van der Waals surface area contributed by atoms with Crippen molar-refractivity contribution in [3.8, 4) is 17.0 Å². The summed E-state index contributed by atoms with van der Waals surface area (Å²) >= 11 is 1.18. The minimum absolute atomic E-state index is 0.0882. The molecule has 1 heterocycles. The van der Waals surface area contributed by atoms with Gasteiger partial charge in [0.2, 0.25) is 0 Å². The zero-order valence-corrected chi connectivity index (χ0v) is 15.2. The number of aryl methyl sites for hydroxylation is 1. The molecule has 1 N–H and O–H groups in total. The van der Waals surface area contributed by atoms with Crippen molar-refractivity contribution in [1.82, 2.24) is 4.98 Å². The average molecular weight is 392 g/mol. The molecule has 1 amide bonds. The van der Waals surface area contributed by atoms with Crippen molar-refractivity contribution in [3.05, 3.63) is 64.5 Å². The number of anilines is 1. The van der Waals surface area contributed by atoms with Crippen molar-refractivity contribution < 1.29 is 22.7 Å². The van der Waals surface area contributed by atoms with Crippen molar-refractivity contribution in [1.29, 1.82) is 0 Å². The molecule has 2 aromatic carbocycles. The lowest BCUT2D eigenvalue weighted by atomic mass is 10.1. The van der Waals surface area contributed by atoms with Gasteiger partial charge in [-0.15, -0.1) is 11.3 Å². The molecular weight excluding hydrogens is 377 g/mol. The largest absolute Gasteiger partial charge is 0.496 e. The van der Waals surface area contributed by atoms with E-state index in [1.54, 1.807) is 12.5 Å². The number of ether oxygens (including phenoxy) is 1. The van der Waals surface area contributed by atoms with Crippen LogP contribution in [0.1, 0.15) is 21.5 Å². The van der Waals surface area contributed by atoms with Crippen LogP contribution in [-0.4, -0.2) is 18.0 Å². The second-order valence-electron chi connectivity index (χ2n) is 5.77. The molecule has 8 heteroatoms. The summed E-state index contributed by atoms with van der Waals surface area (Å²) in [5, 5.41) is 4.58. The first-order valence-corrected chi connectivity index (χ1v) is 8.75. The molecule has 0 saturated carbocycles. The molecule has 0 atom stereocenters. The first-order valence-electron chi connectivity index (χ1n) is 7.87. The van der Waals surface area contributed by atoms with Crippen LogP contribution in [-0.2, 0) is 6.18 Å². The molecular formula is C19H15F3N2O2S. The van der Waals surface area contributed by atoms with Crippen LogP contribution in [0.5, 0.6) is 5.75 Å². The van der Waals surface area contributed by atoms with Gasteiger partial charge in [-0.1, -0.05) is 17.7 Å². The fourth-order valence-electron chi connectivity index (χ4n) is 2.48. The standard InChI is InChI=1S/C19H15F3N2O2S/c1-11-6-7-16(26-2)14(8-11)15-10-27-18(23-15)24-17(25)12-4-3-5-13(9-12)19(20,21)22/h3-10H,1-2H3,(H,23,24,25). The van der Waals surface area contributed by atoms with E-state index in [2.05, 4.69) is 10.3 Å². The molecule has 0 fully saturated rings. The van der Waals surface area contributed by atoms with E-state index in [0.717, 1.165) is 23.3 Å². The van der Waals surface area contributed by atoms with E-state index in [4.69, 9.17) is 4.74 Å². The Morgan fingerprint density at radius 3 is 2.67 bits per heavy atom. The fourth-order valence-corrected chi connectivity index (χ4v) is 3.19. The number of nitrogens with one attached hydrogen (secondary N) is 1. The number of methoxy groups -OCH3 is 1. The number of thiazole rings is 1. The lowest BCUT2D eigenvalue weighted by molar-refractivity contribution is -0.137. The Morgan fingerprint density at radius 2 is 1.96 bits per heavy atom. The highest BCUT2D eigenvalue weighted by Gasteiger charge is 2.31. The molecule has 3 aromatic rings. The first-order chi connectivity index (χ1) is 12.8. The van der Waals surface area contributed by atoms with Crippen molar-refractivity contribution in [3.63, 3.8) is 0 Å². The number of aromatic nitrogens is 1. The van der Waals surface area contributed by atoms with Crippen LogP contribution in [0.3, 0.4) is 0 Å². The average Bonchev–Trinajstić information content (AvgIpc) is 3.09. The second kappa shape index (κ2) is 7.40. The van der Waals surface area contributed by atoms with E-state index < -0.39 is 17.6 Å². The predicted octanol–water partition coefficient (Wildman–Crippen LogP) is 5.40. The lowest BCUT2D eigenvalue weighted by Gasteiger charge is -2.08. The number of nitrogens with zero attached hydrogens (tertiary/aromatic N) is 1. The molecule has 0 unspecified atom stereocenters. The van der Waals surface area contributed by atoms with E-state index >= 15 is 0 Å². The number of hydrogen-bond donors (Lipinski definition) is 1. The van der Waals surface area contributed by atoms with Gasteiger partial charge in [0.15, 0.2) is 5.13 Å². The van der Waals surface area contributed by atoms with Crippen LogP contribution in [0.15, 0.2) is 47.8 Å². The highest BCUT2D eigenvalue weighted by molar-refractivity contribution is 7.14. The molecule has 27 heavy (non-hydrogen) atoms. The van der Waals surface area contributed by atoms with E-state index in [0.29, 0.717) is 11.4 Å². The van der Waals surface area contributed by atoms with Gasteiger partial charge in [0, 0.05) is 16.5 Å². The quantitative estimate of drug-likeness (QED) is 0.647. The molecule has 0 aliphatic carbocycles. The lowest BCUT2D eigenvalue weighted by Crippen LogP contribution is -2.13. The molecule has 0 saturated heterocycles. The minimum Gasteiger partial charge on any atom is -0.496 e. The molecule has 0 radical (unpaired) electrons.